The topological polar surface area (TPSA) is 56.5 Å². The van der Waals surface area contributed by atoms with Crippen LogP contribution in [0.2, 0.25) is 0 Å². The highest BCUT2D eigenvalue weighted by molar-refractivity contribution is 7.14. The molecule has 4 rings (SSSR count). The van der Waals surface area contributed by atoms with Crippen LogP contribution in [0.15, 0.2) is 33.5 Å². The molecule has 0 bridgehead atoms. The van der Waals surface area contributed by atoms with Gasteiger partial charge in [0.2, 0.25) is 0 Å². The van der Waals surface area contributed by atoms with Gasteiger partial charge in [0.1, 0.15) is 17.1 Å². The highest BCUT2D eigenvalue weighted by Crippen LogP contribution is 2.31. The number of rotatable bonds is 4. The van der Waals surface area contributed by atoms with Crippen molar-refractivity contribution in [2.24, 2.45) is 0 Å². The molecule has 0 saturated carbocycles. The van der Waals surface area contributed by atoms with E-state index in [1.165, 1.54) is 46.2 Å². The minimum atomic E-state index is -0.429. The fraction of sp³-hybridized carbons (Fsp3) is 0.391. The van der Waals surface area contributed by atoms with Gasteiger partial charge in [-0.05, 0) is 73.4 Å². The van der Waals surface area contributed by atoms with Gasteiger partial charge in [-0.3, -0.25) is 0 Å². The van der Waals surface area contributed by atoms with Gasteiger partial charge in [0.25, 0.3) is 0 Å². The maximum absolute atomic E-state index is 12.6. The van der Waals surface area contributed by atoms with Crippen LogP contribution in [0.5, 0.6) is 0 Å². The summed E-state index contributed by atoms with van der Waals surface area (Å²) in [5.74, 6) is 0.0288. The van der Waals surface area contributed by atoms with Gasteiger partial charge in [-0.1, -0.05) is 13.8 Å². The molecule has 3 aromatic rings. The number of thiophene rings is 1. The molecule has 2 aromatic heterocycles. The molecule has 1 aliphatic carbocycles. The number of hydrogen-bond acceptors (Lipinski definition) is 5. The van der Waals surface area contributed by atoms with Crippen molar-refractivity contribution in [2.75, 3.05) is 0 Å². The van der Waals surface area contributed by atoms with Gasteiger partial charge in [-0.15, -0.1) is 11.3 Å². The minimum absolute atomic E-state index is 0.0596. The van der Waals surface area contributed by atoms with Gasteiger partial charge in [-0.2, -0.15) is 0 Å². The van der Waals surface area contributed by atoms with Crippen LogP contribution in [0.3, 0.4) is 0 Å². The van der Waals surface area contributed by atoms with Crippen molar-refractivity contribution in [2.45, 2.75) is 59.0 Å². The summed E-state index contributed by atoms with van der Waals surface area (Å²) in [6, 6.07) is 7.34. The molecule has 0 N–H and O–H groups in total. The van der Waals surface area contributed by atoms with Crippen molar-refractivity contribution in [3.8, 4) is 0 Å². The maximum Gasteiger partial charge on any atom is 0.348 e. The molecule has 0 unspecified atom stereocenters. The van der Waals surface area contributed by atoms with E-state index in [0.717, 1.165) is 23.8 Å². The first-order chi connectivity index (χ1) is 13.4. The molecule has 4 nitrogen and oxygen atoms in total. The second-order valence-electron chi connectivity index (χ2n) is 7.79. The lowest BCUT2D eigenvalue weighted by molar-refractivity contribution is 0.0479. The minimum Gasteiger partial charge on any atom is -0.457 e. The monoisotopic (exact) mass is 396 g/mol. The van der Waals surface area contributed by atoms with Crippen molar-refractivity contribution in [3.05, 3.63) is 66.7 Å². The Balaban J connectivity index is 1.62. The summed E-state index contributed by atoms with van der Waals surface area (Å²) in [5.41, 5.74) is 4.35. The van der Waals surface area contributed by atoms with Gasteiger partial charge < -0.3 is 9.15 Å². The third-order valence-corrected chi connectivity index (χ3v) is 6.61. The van der Waals surface area contributed by atoms with Crippen LogP contribution < -0.4 is 5.63 Å². The molecule has 0 amide bonds. The third-order valence-electron chi connectivity index (χ3n) is 5.40. The molecule has 1 aromatic carbocycles. The van der Waals surface area contributed by atoms with Crippen molar-refractivity contribution in [1.29, 1.82) is 0 Å². The summed E-state index contributed by atoms with van der Waals surface area (Å²) in [6.07, 6.45) is 4.46. The van der Waals surface area contributed by atoms with E-state index in [2.05, 4.69) is 13.8 Å². The number of ether oxygens (including phenoxy) is 1. The summed E-state index contributed by atoms with van der Waals surface area (Å²) >= 11 is 1.54. The first-order valence-electron chi connectivity index (χ1n) is 9.78. The molecule has 0 fully saturated rings. The maximum atomic E-state index is 12.6. The molecular formula is C23H24O4S. The Bertz CT molecular complexity index is 1080. The first kappa shape index (κ1) is 18.9. The Morgan fingerprint density at radius 2 is 1.96 bits per heavy atom. The zero-order valence-corrected chi connectivity index (χ0v) is 17.3. The number of aryl methyl sites for hydroxylation is 3. The largest absolute Gasteiger partial charge is 0.457 e. The van der Waals surface area contributed by atoms with Crippen LogP contribution >= 0.6 is 11.3 Å². The van der Waals surface area contributed by atoms with E-state index >= 15 is 0 Å². The summed E-state index contributed by atoms with van der Waals surface area (Å²) in [6.45, 7) is 6.33. The molecular weight excluding hydrogens is 372 g/mol. The number of hydrogen-bond donors (Lipinski definition) is 0. The van der Waals surface area contributed by atoms with Gasteiger partial charge in [0, 0.05) is 21.9 Å². The number of fused-ring (bicyclic) bond motifs is 2. The summed E-state index contributed by atoms with van der Waals surface area (Å²) in [5, 5.41) is 0.826. The standard InChI is InChI=1S/C23H24O4S/c1-13(2)17-11-18-16(10-22(24)27-19(18)8-14(17)3)12-26-23(25)21-9-15-6-4-5-7-20(15)28-21/h8-11,13H,4-7,12H2,1-3H3. The first-order valence-corrected chi connectivity index (χ1v) is 10.6. The SMILES string of the molecule is Cc1cc2oc(=O)cc(COC(=O)c3cc4c(s3)CCCC4)c2cc1C(C)C. The molecule has 0 radical (unpaired) electrons. The van der Waals surface area contributed by atoms with E-state index < -0.39 is 5.63 Å². The normalized spacial score (nSPS) is 13.7. The number of esters is 1. The molecule has 28 heavy (non-hydrogen) atoms. The second-order valence-corrected chi connectivity index (χ2v) is 8.93. The fourth-order valence-electron chi connectivity index (χ4n) is 3.94. The zero-order valence-electron chi connectivity index (χ0n) is 16.5. The summed E-state index contributed by atoms with van der Waals surface area (Å²) in [4.78, 5) is 26.5. The van der Waals surface area contributed by atoms with Crippen LogP contribution in [-0.4, -0.2) is 5.97 Å². The van der Waals surface area contributed by atoms with Gasteiger partial charge >= 0.3 is 11.6 Å². The Morgan fingerprint density at radius 1 is 1.18 bits per heavy atom. The predicted molar refractivity (Wildman–Crippen MR) is 111 cm³/mol. The van der Waals surface area contributed by atoms with E-state index in [-0.39, 0.29) is 12.6 Å². The lowest BCUT2D eigenvalue weighted by atomic mass is 9.95. The molecule has 0 atom stereocenters. The molecule has 0 aliphatic heterocycles. The Labute approximate surface area is 168 Å². The quantitative estimate of drug-likeness (QED) is 0.430. The Hall–Kier alpha value is -2.40. The molecule has 1 aliphatic rings. The lowest BCUT2D eigenvalue weighted by Gasteiger charge is -2.13. The lowest BCUT2D eigenvalue weighted by Crippen LogP contribution is -2.07. The van der Waals surface area contributed by atoms with E-state index in [9.17, 15) is 9.59 Å². The Kier molecular flexibility index (Phi) is 5.11. The fourth-order valence-corrected chi connectivity index (χ4v) is 5.09. The van der Waals surface area contributed by atoms with E-state index in [1.54, 1.807) is 0 Å². The third kappa shape index (κ3) is 3.63. The number of carbonyl (C=O) groups is 1. The zero-order chi connectivity index (χ0) is 19.8. The molecule has 146 valence electrons. The number of carbonyl (C=O) groups excluding carboxylic acids is 1. The van der Waals surface area contributed by atoms with Crippen LogP contribution in [0, 0.1) is 6.92 Å². The van der Waals surface area contributed by atoms with E-state index in [0.29, 0.717) is 21.9 Å². The van der Waals surface area contributed by atoms with Crippen LogP contribution in [0.25, 0.3) is 11.0 Å². The van der Waals surface area contributed by atoms with Crippen molar-refractivity contribution < 1.29 is 13.9 Å². The average molecular weight is 397 g/mol. The molecule has 5 heteroatoms. The summed E-state index contributed by atoms with van der Waals surface area (Å²) < 4.78 is 10.9. The van der Waals surface area contributed by atoms with Gasteiger partial charge in [0.15, 0.2) is 0 Å². The van der Waals surface area contributed by atoms with Gasteiger partial charge in [0.05, 0.1) is 0 Å². The molecule has 0 saturated heterocycles. The van der Waals surface area contributed by atoms with E-state index in [4.69, 9.17) is 9.15 Å². The van der Waals surface area contributed by atoms with Gasteiger partial charge in [-0.25, -0.2) is 9.59 Å². The molecule has 2 heterocycles. The average Bonchev–Trinajstić information content (AvgIpc) is 3.09. The number of benzene rings is 1. The van der Waals surface area contributed by atoms with Crippen LogP contribution in [0.4, 0.5) is 0 Å². The van der Waals surface area contributed by atoms with Crippen LogP contribution in [0.1, 0.15) is 69.4 Å². The van der Waals surface area contributed by atoms with Crippen molar-refractivity contribution >= 4 is 28.3 Å². The highest BCUT2D eigenvalue weighted by Gasteiger charge is 2.19. The smallest absolute Gasteiger partial charge is 0.348 e. The van der Waals surface area contributed by atoms with Crippen molar-refractivity contribution in [3.63, 3.8) is 0 Å². The summed E-state index contributed by atoms with van der Waals surface area (Å²) in [7, 11) is 0. The van der Waals surface area contributed by atoms with Crippen molar-refractivity contribution in [1.82, 2.24) is 0 Å². The van der Waals surface area contributed by atoms with E-state index in [1.807, 2.05) is 25.1 Å². The van der Waals surface area contributed by atoms with Crippen LogP contribution in [-0.2, 0) is 24.2 Å². The second kappa shape index (κ2) is 7.55. The highest BCUT2D eigenvalue weighted by atomic mass is 32.1. The predicted octanol–water partition coefficient (Wildman–Crippen LogP) is 5.52. The Morgan fingerprint density at radius 3 is 2.71 bits per heavy atom. The molecule has 0 spiro atoms.